The minimum absolute atomic E-state index is 0.205. The maximum Gasteiger partial charge on any atom is 0.155 e. The predicted molar refractivity (Wildman–Crippen MR) is 129 cm³/mol. The van der Waals surface area contributed by atoms with Gasteiger partial charge in [-0.3, -0.25) is 9.78 Å². The normalized spacial score (nSPS) is 36.1. The number of carbonyl (C=O) groups excluding carboxylic acids is 1. The Morgan fingerprint density at radius 1 is 0.938 bits per heavy atom. The highest BCUT2D eigenvalue weighted by Gasteiger charge is 2.57. The molecule has 1 aromatic carbocycles. The van der Waals surface area contributed by atoms with Crippen molar-refractivity contribution in [3.05, 3.63) is 66.0 Å². The van der Waals surface area contributed by atoms with Crippen LogP contribution in [-0.2, 0) is 11.2 Å². The average Bonchev–Trinajstić information content (AvgIpc) is 3.22. The number of aromatic nitrogens is 1. The highest BCUT2D eigenvalue weighted by Crippen LogP contribution is 2.66. The van der Waals surface area contributed by atoms with Crippen LogP contribution in [0, 0.1) is 28.6 Å². The van der Waals surface area contributed by atoms with Gasteiger partial charge in [-0.2, -0.15) is 0 Å². The topological polar surface area (TPSA) is 30.0 Å². The number of carbonyl (C=O) groups is 1. The first-order chi connectivity index (χ1) is 15.6. The van der Waals surface area contributed by atoms with E-state index in [9.17, 15) is 4.79 Å². The molecule has 0 bridgehead atoms. The van der Waals surface area contributed by atoms with Gasteiger partial charge >= 0.3 is 0 Å². The zero-order chi connectivity index (χ0) is 21.8. The molecule has 32 heavy (non-hydrogen) atoms. The predicted octanol–water partition coefficient (Wildman–Crippen LogP) is 7.19. The third kappa shape index (κ3) is 3.21. The van der Waals surface area contributed by atoms with Crippen molar-refractivity contribution >= 4 is 5.78 Å². The molecule has 4 aliphatic rings. The molecule has 5 atom stereocenters. The summed E-state index contributed by atoms with van der Waals surface area (Å²) in [4.78, 5) is 16.7. The summed E-state index contributed by atoms with van der Waals surface area (Å²) in [7, 11) is 0. The van der Waals surface area contributed by atoms with E-state index >= 15 is 0 Å². The van der Waals surface area contributed by atoms with Crippen molar-refractivity contribution in [1.29, 1.82) is 0 Å². The van der Waals surface area contributed by atoms with E-state index < -0.39 is 0 Å². The highest BCUT2D eigenvalue weighted by atomic mass is 16.1. The molecule has 6 rings (SSSR count). The van der Waals surface area contributed by atoms with Crippen LogP contribution in [0.2, 0.25) is 0 Å². The molecular formula is C30H35NO. The zero-order valence-corrected chi connectivity index (χ0v) is 19.4. The van der Waals surface area contributed by atoms with Gasteiger partial charge in [0.15, 0.2) is 5.78 Å². The molecule has 0 radical (unpaired) electrons. The average molecular weight is 426 g/mol. The maximum absolute atomic E-state index is 12.4. The van der Waals surface area contributed by atoms with Crippen LogP contribution in [0.4, 0.5) is 0 Å². The van der Waals surface area contributed by atoms with Gasteiger partial charge in [-0.25, -0.2) is 0 Å². The van der Waals surface area contributed by atoms with Gasteiger partial charge in [-0.05, 0) is 109 Å². The number of ketones is 1. The summed E-state index contributed by atoms with van der Waals surface area (Å²) in [5.74, 6) is 2.88. The van der Waals surface area contributed by atoms with E-state index in [1.54, 1.807) is 0 Å². The van der Waals surface area contributed by atoms with Crippen molar-refractivity contribution in [1.82, 2.24) is 4.98 Å². The zero-order valence-electron chi connectivity index (χ0n) is 19.4. The van der Waals surface area contributed by atoms with Gasteiger partial charge in [-0.15, -0.1) is 0 Å². The third-order valence-electron chi connectivity index (χ3n) is 9.94. The van der Waals surface area contributed by atoms with Crippen molar-refractivity contribution in [3.63, 3.8) is 0 Å². The number of fused-ring (bicyclic) bond motifs is 5. The van der Waals surface area contributed by atoms with Crippen LogP contribution in [-0.4, -0.2) is 10.8 Å². The lowest BCUT2D eigenvalue weighted by Gasteiger charge is -2.58. The Bertz CT molecular complexity index is 1040. The lowest BCUT2D eigenvalue weighted by atomic mass is 9.46. The first kappa shape index (κ1) is 20.4. The first-order valence-corrected chi connectivity index (χ1v) is 12.8. The van der Waals surface area contributed by atoms with Gasteiger partial charge in [0.2, 0.25) is 0 Å². The van der Waals surface area contributed by atoms with Gasteiger partial charge in [-0.1, -0.05) is 49.2 Å². The second-order valence-corrected chi connectivity index (χ2v) is 11.4. The fraction of sp³-hybridized carbons (Fsp3) is 0.533. The standard InChI is InChI=1S/C30H35NO/c1-29-14-2-5-27(29)26-11-10-24-18-25(32)12-16-30(24,28(26)13-15-29)19-21-6-8-22(9-7-21)23-4-3-17-31-20-23/h3-4,6-9,17-18,20,26-28H,2,5,10-16,19H2,1H3/t26-,27-,28+,29-,30+/m0/s1. The molecule has 1 heterocycles. The van der Waals surface area contributed by atoms with E-state index in [-0.39, 0.29) is 5.41 Å². The second kappa shape index (κ2) is 7.68. The van der Waals surface area contributed by atoms with Gasteiger partial charge < -0.3 is 0 Å². The second-order valence-electron chi connectivity index (χ2n) is 11.4. The molecule has 166 valence electrons. The van der Waals surface area contributed by atoms with Gasteiger partial charge in [0, 0.05) is 18.8 Å². The van der Waals surface area contributed by atoms with Crippen molar-refractivity contribution < 1.29 is 4.79 Å². The largest absolute Gasteiger partial charge is 0.295 e. The van der Waals surface area contributed by atoms with E-state index in [1.165, 1.54) is 60.8 Å². The molecule has 2 aromatic rings. The Morgan fingerprint density at radius 3 is 2.62 bits per heavy atom. The number of pyridine rings is 1. The number of hydrogen-bond acceptors (Lipinski definition) is 2. The molecule has 4 aliphatic carbocycles. The molecule has 0 unspecified atom stereocenters. The lowest BCUT2D eigenvalue weighted by molar-refractivity contribution is -0.117. The van der Waals surface area contributed by atoms with E-state index in [1.807, 2.05) is 18.5 Å². The smallest absolute Gasteiger partial charge is 0.155 e. The number of allylic oxidation sites excluding steroid dienone is 1. The molecule has 0 N–H and O–H groups in total. The number of hydrogen-bond donors (Lipinski definition) is 0. The van der Waals surface area contributed by atoms with Crippen molar-refractivity contribution in [2.24, 2.45) is 28.6 Å². The van der Waals surface area contributed by atoms with Gasteiger partial charge in [0.05, 0.1) is 0 Å². The Kier molecular flexibility index (Phi) is 4.89. The summed E-state index contributed by atoms with van der Waals surface area (Å²) in [6.45, 7) is 2.58. The molecule has 3 fully saturated rings. The van der Waals surface area contributed by atoms with Crippen LogP contribution in [0.15, 0.2) is 60.4 Å². The summed E-state index contributed by atoms with van der Waals surface area (Å²) >= 11 is 0. The molecule has 1 aromatic heterocycles. The van der Waals surface area contributed by atoms with E-state index in [0.29, 0.717) is 11.2 Å². The molecule has 0 amide bonds. The minimum atomic E-state index is 0.205. The quantitative estimate of drug-likeness (QED) is 0.521. The number of benzene rings is 1. The SMILES string of the molecule is C[C@@]12CCC[C@H]1[C@@H]1CCC3=CC(=O)CC[C@]3(Cc3ccc(-c4cccnc4)cc3)[C@@H]1CC2. The Hall–Kier alpha value is -2.22. The van der Waals surface area contributed by atoms with Crippen LogP contribution in [0.3, 0.4) is 0 Å². The maximum atomic E-state index is 12.4. The number of rotatable bonds is 3. The first-order valence-electron chi connectivity index (χ1n) is 12.8. The van der Waals surface area contributed by atoms with Gasteiger partial charge in [0.1, 0.15) is 0 Å². The van der Waals surface area contributed by atoms with Crippen molar-refractivity contribution in [2.45, 2.75) is 71.1 Å². The van der Waals surface area contributed by atoms with Crippen molar-refractivity contribution in [3.8, 4) is 11.1 Å². The molecule has 2 heteroatoms. The highest BCUT2D eigenvalue weighted by molar-refractivity contribution is 5.91. The summed E-state index contributed by atoms with van der Waals surface area (Å²) < 4.78 is 0. The minimum Gasteiger partial charge on any atom is -0.295 e. The summed E-state index contributed by atoms with van der Waals surface area (Å²) in [5.41, 5.74) is 6.11. The van der Waals surface area contributed by atoms with Crippen LogP contribution in [0.1, 0.15) is 70.3 Å². The van der Waals surface area contributed by atoms with Crippen LogP contribution >= 0.6 is 0 Å². The van der Waals surface area contributed by atoms with Crippen LogP contribution < -0.4 is 0 Å². The van der Waals surface area contributed by atoms with E-state index in [2.05, 4.69) is 48.3 Å². The fourth-order valence-electron chi connectivity index (χ4n) is 8.40. The Labute approximate surface area is 192 Å². The van der Waals surface area contributed by atoms with Crippen LogP contribution in [0.5, 0.6) is 0 Å². The number of nitrogens with zero attached hydrogens (tertiary/aromatic N) is 1. The van der Waals surface area contributed by atoms with E-state index in [4.69, 9.17) is 0 Å². The van der Waals surface area contributed by atoms with E-state index in [0.717, 1.165) is 43.4 Å². The van der Waals surface area contributed by atoms with Crippen molar-refractivity contribution in [2.75, 3.05) is 0 Å². The summed E-state index contributed by atoms with van der Waals surface area (Å²) in [6.07, 6.45) is 18.2. The Balaban J connectivity index is 1.34. The summed E-state index contributed by atoms with van der Waals surface area (Å²) in [5, 5.41) is 0. The summed E-state index contributed by atoms with van der Waals surface area (Å²) in [6, 6.07) is 13.3. The fourth-order valence-corrected chi connectivity index (χ4v) is 8.40. The Morgan fingerprint density at radius 2 is 1.81 bits per heavy atom. The molecule has 3 saturated carbocycles. The molecular weight excluding hydrogens is 390 g/mol. The third-order valence-corrected chi connectivity index (χ3v) is 9.94. The molecule has 0 saturated heterocycles. The lowest BCUT2D eigenvalue weighted by Crippen LogP contribution is -2.51. The van der Waals surface area contributed by atoms with Gasteiger partial charge in [0.25, 0.3) is 0 Å². The molecule has 2 nitrogen and oxygen atoms in total. The molecule has 0 spiro atoms. The monoisotopic (exact) mass is 425 g/mol. The van der Waals surface area contributed by atoms with Crippen LogP contribution in [0.25, 0.3) is 11.1 Å². The molecule has 0 aliphatic heterocycles.